The fraction of sp³-hybridized carbons (Fsp3) is 0.917. The van der Waals surface area contributed by atoms with E-state index < -0.39 is 18.4 Å². The summed E-state index contributed by atoms with van der Waals surface area (Å²) in [4.78, 5) is 0. The van der Waals surface area contributed by atoms with E-state index in [9.17, 15) is 0 Å². The van der Waals surface area contributed by atoms with Gasteiger partial charge in [-0.3, -0.25) is 0 Å². The summed E-state index contributed by atoms with van der Waals surface area (Å²) < 4.78 is 13.8. The molecule has 28 heavy (non-hydrogen) atoms. The molecule has 0 amide bonds. The summed E-state index contributed by atoms with van der Waals surface area (Å²) in [5, 5.41) is 0. The van der Waals surface area contributed by atoms with Crippen molar-refractivity contribution in [3.05, 3.63) is 10.4 Å². The van der Waals surface area contributed by atoms with Crippen LogP contribution in [0.4, 0.5) is 0 Å². The van der Waals surface area contributed by atoms with Gasteiger partial charge in [0.05, 0.1) is 0 Å². The molecule has 166 valence electrons. The number of hydrogen-bond donors (Lipinski definition) is 0. The predicted molar refractivity (Wildman–Crippen MR) is 136 cm³/mol. The van der Waals surface area contributed by atoms with Gasteiger partial charge in [0.1, 0.15) is 0 Å². The van der Waals surface area contributed by atoms with Crippen LogP contribution in [0.1, 0.15) is 98.3 Å². The number of ether oxygens (including phenoxy) is 1. The van der Waals surface area contributed by atoms with E-state index >= 15 is 0 Å². The predicted octanol–water partition coefficient (Wildman–Crippen LogP) is 9.05. The van der Waals surface area contributed by atoms with Gasteiger partial charge < -0.3 is 0 Å². The third-order valence-corrected chi connectivity index (χ3v) is 23.4. The molecule has 0 radical (unpaired) electrons. The molecule has 0 saturated carbocycles. The van der Waals surface area contributed by atoms with Gasteiger partial charge in [0.15, 0.2) is 0 Å². The second kappa shape index (κ2) is 16.7. The van der Waals surface area contributed by atoms with Gasteiger partial charge in [0, 0.05) is 0 Å². The Morgan fingerprint density at radius 3 is 1.93 bits per heavy atom. The third kappa shape index (κ3) is 12.0. The summed E-state index contributed by atoms with van der Waals surface area (Å²) in [6.45, 7) is 10.4. The first kappa shape index (κ1) is 27.1. The molecule has 0 spiro atoms. The quantitative estimate of drug-likeness (QED) is 0.104. The SMILES string of the molecule is CCC[CH2][Sn](/[CH]=C/OCCCCCC1(C)SCCCS1)([CH2]CCC)[CH2]CCC. The van der Waals surface area contributed by atoms with Crippen molar-refractivity contribution < 1.29 is 4.74 Å². The van der Waals surface area contributed by atoms with E-state index in [1.54, 1.807) is 13.3 Å². The Morgan fingerprint density at radius 2 is 1.39 bits per heavy atom. The minimum atomic E-state index is -2.13. The number of rotatable bonds is 17. The van der Waals surface area contributed by atoms with Crippen LogP contribution in [-0.4, -0.2) is 40.6 Å². The van der Waals surface area contributed by atoms with Crippen LogP contribution in [0.3, 0.4) is 0 Å². The van der Waals surface area contributed by atoms with Gasteiger partial charge >= 0.3 is 191 Å². The summed E-state index contributed by atoms with van der Waals surface area (Å²) >= 11 is 2.25. The number of thioether (sulfide) groups is 2. The fourth-order valence-electron chi connectivity index (χ4n) is 4.10. The summed E-state index contributed by atoms with van der Waals surface area (Å²) in [5.41, 5.74) is 0. The normalized spacial score (nSPS) is 17.3. The average Bonchev–Trinajstić information content (AvgIpc) is 2.71. The van der Waals surface area contributed by atoms with Crippen molar-refractivity contribution in [2.24, 2.45) is 0 Å². The molecule has 0 atom stereocenters. The Hall–Kier alpha value is 1.04. The van der Waals surface area contributed by atoms with Crippen LogP contribution in [0.5, 0.6) is 0 Å². The second-order valence-corrected chi connectivity index (χ2v) is 25.3. The first-order valence-electron chi connectivity index (χ1n) is 12.2. The Bertz CT molecular complexity index is 372. The van der Waals surface area contributed by atoms with Crippen LogP contribution < -0.4 is 0 Å². The van der Waals surface area contributed by atoms with Crippen LogP contribution in [-0.2, 0) is 4.74 Å². The first-order valence-corrected chi connectivity index (χ1v) is 21.8. The third-order valence-electron chi connectivity index (χ3n) is 6.10. The van der Waals surface area contributed by atoms with E-state index in [1.807, 2.05) is 0 Å². The van der Waals surface area contributed by atoms with Gasteiger partial charge in [-0.25, -0.2) is 0 Å². The summed E-state index contributed by atoms with van der Waals surface area (Å²) in [7, 11) is 0. The zero-order chi connectivity index (χ0) is 20.6. The Labute approximate surface area is 189 Å². The molecule has 1 fully saturated rings. The van der Waals surface area contributed by atoms with Gasteiger partial charge in [-0.2, -0.15) is 0 Å². The van der Waals surface area contributed by atoms with Gasteiger partial charge in [-0.05, 0) is 0 Å². The van der Waals surface area contributed by atoms with Gasteiger partial charge in [0.2, 0.25) is 0 Å². The summed E-state index contributed by atoms with van der Waals surface area (Å²) in [6, 6.07) is 0. The number of unbranched alkanes of at least 4 members (excludes halogenated alkanes) is 5. The Balaban J connectivity index is 2.31. The molecule has 1 aliphatic heterocycles. The molecule has 0 unspecified atom stereocenters. The minimum absolute atomic E-state index is 0.491. The van der Waals surface area contributed by atoms with E-state index in [-0.39, 0.29) is 0 Å². The molecule has 1 heterocycles. The molecule has 0 aliphatic carbocycles. The van der Waals surface area contributed by atoms with E-state index in [2.05, 4.69) is 61.6 Å². The van der Waals surface area contributed by atoms with Gasteiger partial charge in [-0.1, -0.05) is 0 Å². The molecular formula is C24H48OS2Sn. The average molecular weight is 535 g/mol. The van der Waals surface area contributed by atoms with E-state index in [1.165, 1.54) is 82.1 Å². The Morgan fingerprint density at radius 1 is 0.821 bits per heavy atom. The van der Waals surface area contributed by atoms with Crippen molar-refractivity contribution in [1.82, 2.24) is 0 Å². The molecule has 4 heteroatoms. The molecule has 0 aromatic rings. The van der Waals surface area contributed by atoms with E-state index in [4.69, 9.17) is 4.74 Å². The maximum absolute atomic E-state index is 6.01. The monoisotopic (exact) mass is 536 g/mol. The second-order valence-electron chi connectivity index (χ2n) is 8.84. The molecule has 0 bridgehead atoms. The van der Waals surface area contributed by atoms with Gasteiger partial charge in [0.25, 0.3) is 0 Å². The van der Waals surface area contributed by atoms with Crippen LogP contribution in [0.15, 0.2) is 10.4 Å². The van der Waals surface area contributed by atoms with Crippen molar-refractivity contribution in [3.63, 3.8) is 0 Å². The molecule has 1 rings (SSSR count). The van der Waals surface area contributed by atoms with Crippen molar-refractivity contribution in [1.29, 1.82) is 0 Å². The van der Waals surface area contributed by atoms with Crippen LogP contribution in [0.2, 0.25) is 13.3 Å². The van der Waals surface area contributed by atoms with Crippen molar-refractivity contribution in [2.75, 3.05) is 18.1 Å². The van der Waals surface area contributed by atoms with Crippen LogP contribution in [0, 0.1) is 0 Å². The number of hydrogen-bond acceptors (Lipinski definition) is 3. The first-order chi connectivity index (χ1) is 13.6. The fourth-order valence-corrected chi connectivity index (χ4v) is 20.9. The molecule has 0 aromatic heterocycles. The molecule has 1 saturated heterocycles. The van der Waals surface area contributed by atoms with Crippen LogP contribution in [0.25, 0.3) is 0 Å². The van der Waals surface area contributed by atoms with Crippen molar-refractivity contribution >= 4 is 41.9 Å². The Kier molecular flexibility index (Phi) is 16.1. The van der Waals surface area contributed by atoms with Gasteiger partial charge in [-0.15, -0.1) is 0 Å². The van der Waals surface area contributed by atoms with Crippen LogP contribution >= 0.6 is 23.5 Å². The maximum atomic E-state index is 6.01. The standard InChI is InChI=1S/C12H21OS2.3C4H9.Sn/c1-3-13-9-6-4-5-8-12(2)14-10-7-11-15-12;3*1-3-4-2;/h1,3H,4-11H2,2H3;3*1,3-4H2,2H3;. The van der Waals surface area contributed by atoms with E-state index in [0.29, 0.717) is 4.08 Å². The molecule has 1 aliphatic rings. The zero-order valence-corrected chi connectivity index (χ0v) is 23.9. The molecule has 1 nitrogen and oxygen atoms in total. The zero-order valence-electron chi connectivity index (χ0n) is 19.4. The topological polar surface area (TPSA) is 9.23 Å². The van der Waals surface area contributed by atoms with Crippen molar-refractivity contribution in [2.45, 2.75) is 116 Å². The van der Waals surface area contributed by atoms with Crippen molar-refractivity contribution in [3.8, 4) is 0 Å². The molecule has 0 aromatic carbocycles. The summed E-state index contributed by atoms with van der Waals surface area (Å²) in [6.07, 6.45) is 17.2. The van der Waals surface area contributed by atoms with E-state index in [0.717, 1.165) is 6.61 Å². The molecule has 0 N–H and O–H groups in total. The summed E-state index contributed by atoms with van der Waals surface area (Å²) in [5.74, 6) is 2.72. The molecular weight excluding hydrogens is 487 g/mol.